The smallest absolute Gasteiger partial charge is 0.0635 e. The van der Waals surface area contributed by atoms with Crippen LogP contribution in [0.1, 0.15) is 56.8 Å². The SMILES string of the molecule is [2H]c1c(-c2ccc3c4c5sc6ccccc6c5cc5c6cc7c(cc6n(c3c2)c54)c2cccc3c4ccccc4n7c32)c([2H])c(C(C)(C)C)c([2H])c1C(C)(C)C. The minimum Gasteiger partial charge on any atom is -0.308 e. The topological polar surface area (TPSA) is 8.82 Å². The standard InChI is InChI=1S/C50H38N2S/c1-49(2,3)29-20-28(21-30(23-29)50(4,5)6)27-18-19-35-41(22-27)52-43-25-36-34-15-11-14-33-31-12-7-9-16-40(31)51(46(33)34)42(36)26-37(43)38-24-39-32-13-8-10-17-44(32)53-48(39)45(35)47(38)52/h7-26H,1-6H3/i20D,21D,23D. The van der Waals surface area contributed by atoms with Gasteiger partial charge < -0.3 is 8.80 Å². The number of thiophene rings is 1. The Labute approximate surface area is 315 Å². The normalized spacial score (nSPS) is 14.3. The zero-order chi connectivity index (χ0) is 38.3. The predicted molar refractivity (Wildman–Crippen MR) is 231 cm³/mol. The maximum absolute atomic E-state index is 9.63. The van der Waals surface area contributed by atoms with Gasteiger partial charge in [0.25, 0.3) is 0 Å². The van der Waals surface area contributed by atoms with Crippen molar-refractivity contribution < 1.29 is 4.11 Å². The summed E-state index contributed by atoms with van der Waals surface area (Å²) in [5.74, 6) is 0. The highest BCUT2D eigenvalue weighted by molar-refractivity contribution is 7.26. The van der Waals surface area contributed by atoms with Gasteiger partial charge >= 0.3 is 0 Å². The molecule has 0 unspecified atom stereocenters. The van der Waals surface area contributed by atoms with Crippen LogP contribution in [0.5, 0.6) is 0 Å². The molecule has 254 valence electrons. The van der Waals surface area contributed by atoms with Gasteiger partial charge in [0, 0.05) is 63.3 Å². The molecule has 5 heterocycles. The van der Waals surface area contributed by atoms with E-state index in [-0.39, 0.29) is 12.1 Å². The second-order valence-corrected chi connectivity index (χ2v) is 18.2. The van der Waals surface area contributed by atoms with Crippen LogP contribution < -0.4 is 0 Å². The Morgan fingerprint density at radius 1 is 0.453 bits per heavy atom. The molecule has 0 bridgehead atoms. The summed E-state index contributed by atoms with van der Waals surface area (Å²) in [7, 11) is 0. The van der Waals surface area contributed by atoms with Crippen LogP contribution in [0.25, 0.3) is 107 Å². The Kier molecular flexibility index (Phi) is 4.93. The lowest BCUT2D eigenvalue weighted by Gasteiger charge is -2.26. The number of para-hydroxylation sites is 2. The van der Waals surface area contributed by atoms with Crippen LogP contribution in [-0.4, -0.2) is 8.80 Å². The van der Waals surface area contributed by atoms with Gasteiger partial charge in [-0.25, -0.2) is 0 Å². The molecule has 0 aliphatic carbocycles. The lowest BCUT2D eigenvalue weighted by Crippen LogP contribution is -2.16. The van der Waals surface area contributed by atoms with Crippen molar-refractivity contribution in [2.45, 2.75) is 52.4 Å². The number of benzene rings is 7. The molecule has 0 amide bonds. The highest BCUT2D eigenvalue weighted by Crippen LogP contribution is 2.50. The number of fused-ring (bicyclic) bond motifs is 16. The number of rotatable bonds is 1. The van der Waals surface area contributed by atoms with Crippen LogP contribution in [-0.2, 0) is 10.8 Å². The molecule has 0 saturated carbocycles. The highest BCUT2D eigenvalue weighted by Gasteiger charge is 2.26. The summed E-state index contributed by atoms with van der Waals surface area (Å²) in [6, 6.07) is 39.0. The summed E-state index contributed by atoms with van der Waals surface area (Å²) in [5, 5.41) is 12.5. The summed E-state index contributed by atoms with van der Waals surface area (Å²) in [5.41, 5.74) is 9.13. The zero-order valence-corrected chi connectivity index (χ0v) is 31.4. The van der Waals surface area contributed by atoms with Gasteiger partial charge in [-0.15, -0.1) is 11.3 Å². The number of hydrogen-bond donors (Lipinski definition) is 0. The fourth-order valence-corrected chi connectivity index (χ4v) is 10.5. The molecule has 0 spiro atoms. The Morgan fingerprint density at radius 3 is 1.79 bits per heavy atom. The van der Waals surface area contributed by atoms with Crippen molar-refractivity contribution >= 4 is 108 Å². The van der Waals surface area contributed by atoms with Crippen LogP contribution in [0, 0.1) is 0 Å². The molecule has 12 rings (SSSR count). The van der Waals surface area contributed by atoms with Gasteiger partial charge in [-0.3, -0.25) is 0 Å². The third kappa shape index (κ3) is 3.78. The molecular formula is C50H38N2S. The summed E-state index contributed by atoms with van der Waals surface area (Å²) < 4.78 is 36.1. The summed E-state index contributed by atoms with van der Waals surface area (Å²) in [4.78, 5) is 0. The van der Waals surface area contributed by atoms with Gasteiger partial charge in [0.2, 0.25) is 0 Å². The monoisotopic (exact) mass is 701 g/mol. The molecule has 5 aromatic heterocycles. The maximum Gasteiger partial charge on any atom is 0.0635 e. The molecule has 0 fully saturated rings. The van der Waals surface area contributed by atoms with Gasteiger partial charge in [-0.2, -0.15) is 0 Å². The van der Waals surface area contributed by atoms with E-state index in [4.69, 9.17) is 0 Å². The number of nitrogens with zero attached hydrogens (tertiary/aromatic N) is 2. The lowest BCUT2D eigenvalue weighted by molar-refractivity contribution is 0.569. The van der Waals surface area contributed by atoms with Crippen molar-refractivity contribution in [2.75, 3.05) is 0 Å². The van der Waals surface area contributed by atoms with Crippen molar-refractivity contribution in [3.05, 3.63) is 132 Å². The molecule has 0 aliphatic heterocycles. The van der Waals surface area contributed by atoms with E-state index in [1.54, 1.807) is 0 Å². The number of hydrogen-bond acceptors (Lipinski definition) is 1. The van der Waals surface area contributed by atoms with Gasteiger partial charge in [0.15, 0.2) is 0 Å². The average molecular weight is 702 g/mol. The third-order valence-corrected chi connectivity index (χ3v) is 13.0. The van der Waals surface area contributed by atoms with Crippen molar-refractivity contribution in [3.8, 4) is 11.1 Å². The molecule has 0 atom stereocenters. The molecule has 0 saturated heterocycles. The van der Waals surface area contributed by atoms with E-state index in [0.717, 1.165) is 16.6 Å². The summed E-state index contributed by atoms with van der Waals surface area (Å²) in [6.45, 7) is 12.5. The van der Waals surface area contributed by atoms with Crippen LogP contribution in [0.2, 0.25) is 0 Å². The van der Waals surface area contributed by atoms with Crippen molar-refractivity contribution in [1.82, 2.24) is 8.80 Å². The predicted octanol–water partition coefficient (Wildman–Crippen LogP) is 14.6. The fourth-order valence-electron chi connectivity index (χ4n) is 9.22. The van der Waals surface area contributed by atoms with E-state index < -0.39 is 10.8 Å². The van der Waals surface area contributed by atoms with Crippen LogP contribution >= 0.6 is 11.3 Å². The van der Waals surface area contributed by atoms with E-state index in [1.165, 1.54) is 85.3 Å². The molecule has 2 nitrogen and oxygen atoms in total. The summed E-state index contributed by atoms with van der Waals surface area (Å²) >= 11 is 1.86. The molecule has 3 heteroatoms. The zero-order valence-electron chi connectivity index (χ0n) is 33.6. The van der Waals surface area contributed by atoms with E-state index >= 15 is 0 Å². The highest BCUT2D eigenvalue weighted by atomic mass is 32.1. The second-order valence-electron chi connectivity index (χ2n) is 17.1. The Balaban J connectivity index is 1.28. The van der Waals surface area contributed by atoms with Gasteiger partial charge in [-0.1, -0.05) is 126 Å². The molecule has 0 radical (unpaired) electrons. The molecule has 12 aromatic rings. The van der Waals surface area contributed by atoms with E-state index in [2.05, 4.69) is 153 Å². The molecule has 53 heavy (non-hydrogen) atoms. The minimum atomic E-state index is -0.438. The third-order valence-electron chi connectivity index (χ3n) is 11.8. The van der Waals surface area contributed by atoms with Crippen molar-refractivity contribution in [2.24, 2.45) is 0 Å². The van der Waals surface area contributed by atoms with Crippen molar-refractivity contribution in [3.63, 3.8) is 0 Å². The van der Waals surface area contributed by atoms with E-state index in [0.29, 0.717) is 22.7 Å². The first-order chi connectivity index (χ1) is 26.8. The van der Waals surface area contributed by atoms with Gasteiger partial charge in [0.05, 0.1) is 37.2 Å². The second kappa shape index (κ2) is 9.66. The Bertz CT molecular complexity index is 3660. The minimum absolute atomic E-state index is 0.283. The molecule has 7 aromatic carbocycles. The Morgan fingerprint density at radius 2 is 1.06 bits per heavy atom. The molecule has 0 aliphatic rings. The number of aromatic nitrogens is 2. The average Bonchev–Trinajstić information content (AvgIpc) is 3.93. The largest absolute Gasteiger partial charge is 0.308 e. The first kappa shape index (κ1) is 27.0. The first-order valence-electron chi connectivity index (χ1n) is 20.1. The van der Waals surface area contributed by atoms with E-state index in [9.17, 15) is 4.11 Å². The van der Waals surface area contributed by atoms with Gasteiger partial charge in [0.1, 0.15) is 0 Å². The quantitative estimate of drug-likeness (QED) is 0.161. The Hall–Kier alpha value is -5.64. The first-order valence-corrected chi connectivity index (χ1v) is 19.4. The lowest BCUT2D eigenvalue weighted by atomic mass is 9.79. The summed E-state index contributed by atoms with van der Waals surface area (Å²) in [6.07, 6.45) is 0. The van der Waals surface area contributed by atoms with Gasteiger partial charge in [-0.05, 0) is 69.5 Å². The van der Waals surface area contributed by atoms with Crippen LogP contribution in [0.3, 0.4) is 0 Å². The van der Waals surface area contributed by atoms with Crippen LogP contribution in [0.15, 0.2) is 121 Å². The van der Waals surface area contributed by atoms with Crippen molar-refractivity contribution in [1.29, 1.82) is 0 Å². The molecular weight excluding hydrogens is 661 g/mol. The fraction of sp³-hybridized carbons (Fsp3) is 0.160. The maximum atomic E-state index is 9.63. The van der Waals surface area contributed by atoms with E-state index in [1.807, 2.05) is 11.3 Å². The van der Waals surface area contributed by atoms with Crippen LogP contribution in [0.4, 0.5) is 0 Å². The molecule has 0 N–H and O–H groups in total.